The fraction of sp³-hybridized carbons (Fsp3) is 0. The van der Waals surface area contributed by atoms with Gasteiger partial charge in [0.2, 0.25) is 0 Å². The van der Waals surface area contributed by atoms with Gasteiger partial charge in [-0.3, -0.25) is 0 Å². The van der Waals surface area contributed by atoms with Gasteiger partial charge in [0.05, 0.1) is 0 Å². The van der Waals surface area contributed by atoms with Gasteiger partial charge in [0.1, 0.15) is 11.2 Å². The molecule has 0 saturated carbocycles. The van der Waals surface area contributed by atoms with E-state index in [0.29, 0.717) is 17.5 Å². The van der Waals surface area contributed by atoms with Crippen molar-refractivity contribution in [3.8, 4) is 78.7 Å². The summed E-state index contributed by atoms with van der Waals surface area (Å²) in [6, 6.07) is 74.0. The van der Waals surface area contributed by atoms with Crippen molar-refractivity contribution in [2.75, 3.05) is 0 Å². The van der Waals surface area contributed by atoms with Crippen LogP contribution in [-0.2, 0) is 0 Å². The van der Waals surface area contributed by atoms with Crippen molar-refractivity contribution in [3.05, 3.63) is 212 Å². The van der Waals surface area contributed by atoms with Crippen LogP contribution in [0.2, 0.25) is 0 Å². The van der Waals surface area contributed by atoms with E-state index in [0.717, 1.165) is 77.2 Å². The van der Waals surface area contributed by atoms with Gasteiger partial charge in [-0.25, -0.2) is 15.0 Å². The summed E-state index contributed by atoms with van der Waals surface area (Å²) in [6.45, 7) is 0. The van der Waals surface area contributed by atoms with Gasteiger partial charge in [0.25, 0.3) is 0 Å². The zero-order valence-corrected chi connectivity index (χ0v) is 32.0. The van der Waals surface area contributed by atoms with Gasteiger partial charge in [-0.15, -0.1) is 0 Å². The van der Waals surface area contributed by atoms with Crippen molar-refractivity contribution in [1.29, 1.82) is 0 Å². The largest absolute Gasteiger partial charge is 0.456 e. The lowest BCUT2D eigenvalue weighted by Crippen LogP contribution is -2.00. The predicted molar refractivity (Wildman–Crippen MR) is 243 cm³/mol. The van der Waals surface area contributed by atoms with Crippen molar-refractivity contribution < 1.29 is 4.42 Å². The average molecular weight is 754 g/mol. The van der Waals surface area contributed by atoms with Gasteiger partial charge in [0.15, 0.2) is 17.5 Å². The molecule has 0 bridgehead atoms. The van der Waals surface area contributed by atoms with Crippen LogP contribution in [0.3, 0.4) is 0 Å². The molecule has 4 nitrogen and oxygen atoms in total. The summed E-state index contributed by atoms with van der Waals surface area (Å²) in [5, 5.41) is 4.31. The summed E-state index contributed by atoms with van der Waals surface area (Å²) < 4.78 is 6.62. The number of aromatic nitrogens is 3. The summed E-state index contributed by atoms with van der Waals surface area (Å²) >= 11 is 0. The predicted octanol–water partition coefficient (Wildman–Crippen LogP) is 14.6. The Balaban J connectivity index is 1.06. The van der Waals surface area contributed by atoms with Gasteiger partial charge < -0.3 is 4.42 Å². The van der Waals surface area contributed by atoms with Crippen LogP contribution in [0, 0.1) is 0 Å². The molecule has 0 N–H and O–H groups in total. The number of furan rings is 1. The molecule has 0 spiro atoms. The molecule has 9 aromatic carbocycles. The standard InChI is InChI=1S/C55H35N3O/c1-4-14-36(15-5-1)39-20-10-22-43(32-39)47-25-13-27-50-52(47)49-31-29-45(35-51(49)59-50)54-56-53(44-24-11-21-40(34-44)37-16-6-2-7-17-37)57-55(58-54)48-26-12-23-42-33-41(28-30-46(42)48)38-18-8-3-9-19-38/h1-35H. The molecule has 2 aromatic heterocycles. The van der Waals surface area contributed by atoms with Crippen LogP contribution in [0.25, 0.3) is 111 Å². The Kier molecular flexibility index (Phi) is 8.45. The fourth-order valence-electron chi connectivity index (χ4n) is 8.21. The highest BCUT2D eigenvalue weighted by atomic mass is 16.3. The maximum atomic E-state index is 6.62. The minimum absolute atomic E-state index is 0.575. The first kappa shape index (κ1) is 34.3. The highest BCUT2D eigenvalue weighted by Crippen LogP contribution is 2.40. The van der Waals surface area contributed by atoms with Crippen LogP contribution in [0.1, 0.15) is 0 Å². The van der Waals surface area contributed by atoms with Crippen LogP contribution in [-0.4, -0.2) is 15.0 Å². The summed E-state index contributed by atoms with van der Waals surface area (Å²) in [7, 11) is 0. The van der Waals surface area contributed by atoms with E-state index >= 15 is 0 Å². The highest BCUT2D eigenvalue weighted by molar-refractivity contribution is 6.13. The Morgan fingerprint density at radius 2 is 0.746 bits per heavy atom. The second kappa shape index (κ2) is 14.5. The van der Waals surface area contributed by atoms with E-state index in [-0.39, 0.29) is 0 Å². The first-order valence-electron chi connectivity index (χ1n) is 19.8. The molecular formula is C55H35N3O. The zero-order chi connectivity index (χ0) is 39.1. The maximum Gasteiger partial charge on any atom is 0.164 e. The third-order valence-corrected chi connectivity index (χ3v) is 11.1. The average Bonchev–Trinajstić information content (AvgIpc) is 3.70. The van der Waals surface area contributed by atoms with Crippen molar-refractivity contribution in [1.82, 2.24) is 15.0 Å². The molecule has 2 heterocycles. The van der Waals surface area contributed by atoms with Crippen LogP contribution >= 0.6 is 0 Å². The Hall–Kier alpha value is -7.95. The highest BCUT2D eigenvalue weighted by Gasteiger charge is 2.18. The Morgan fingerprint density at radius 1 is 0.271 bits per heavy atom. The smallest absolute Gasteiger partial charge is 0.164 e. The lowest BCUT2D eigenvalue weighted by molar-refractivity contribution is 0.669. The van der Waals surface area contributed by atoms with Crippen LogP contribution in [0.5, 0.6) is 0 Å². The molecule has 0 unspecified atom stereocenters. The third kappa shape index (κ3) is 6.43. The Morgan fingerprint density at radius 3 is 1.42 bits per heavy atom. The lowest BCUT2D eigenvalue weighted by Gasteiger charge is -2.12. The van der Waals surface area contributed by atoms with Gasteiger partial charge in [-0.05, 0) is 91.7 Å². The zero-order valence-electron chi connectivity index (χ0n) is 32.0. The number of fused-ring (bicyclic) bond motifs is 4. The van der Waals surface area contributed by atoms with Crippen LogP contribution < -0.4 is 0 Å². The first-order valence-corrected chi connectivity index (χ1v) is 19.8. The Bertz CT molecular complexity index is 3320. The van der Waals surface area contributed by atoms with E-state index in [2.05, 4.69) is 188 Å². The summed E-state index contributed by atoms with van der Waals surface area (Å²) in [5.74, 6) is 1.79. The minimum atomic E-state index is 0.575. The van der Waals surface area contributed by atoms with E-state index in [1.165, 1.54) is 16.7 Å². The fourth-order valence-corrected chi connectivity index (χ4v) is 8.21. The van der Waals surface area contributed by atoms with Gasteiger partial charge in [0, 0.05) is 27.5 Å². The molecule has 4 heteroatoms. The topological polar surface area (TPSA) is 51.8 Å². The molecule has 11 aromatic rings. The lowest BCUT2D eigenvalue weighted by atomic mass is 9.96. The number of benzene rings is 9. The van der Waals surface area contributed by atoms with Crippen LogP contribution in [0.15, 0.2) is 217 Å². The quantitative estimate of drug-likeness (QED) is 0.163. The second-order valence-electron chi connectivity index (χ2n) is 14.8. The molecular weight excluding hydrogens is 719 g/mol. The van der Waals surface area contributed by atoms with Crippen molar-refractivity contribution >= 4 is 32.7 Å². The molecule has 0 atom stereocenters. The second-order valence-corrected chi connectivity index (χ2v) is 14.8. The normalized spacial score (nSPS) is 11.4. The molecule has 59 heavy (non-hydrogen) atoms. The van der Waals surface area contributed by atoms with E-state index in [1.807, 2.05) is 24.3 Å². The monoisotopic (exact) mass is 753 g/mol. The molecule has 11 rings (SSSR count). The van der Waals surface area contributed by atoms with Crippen molar-refractivity contribution in [3.63, 3.8) is 0 Å². The van der Waals surface area contributed by atoms with E-state index in [9.17, 15) is 0 Å². The van der Waals surface area contributed by atoms with Gasteiger partial charge in [-0.1, -0.05) is 176 Å². The van der Waals surface area contributed by atoms with Crippen LogP contribution in [0.4, 0.5) is 0 Å². The number of hydrogen-bond acceptors (Lipinski definition) is 4. The summed E-state index contributed by atoms with van der Waals surface area (Å²) in [6.07, 6.45) is 0. The molecule has 0 aliphatic heterocycles. The van der Waals surface area contributed by atoms with Gasteiger partial charge >= 0.3 is 0 Å². The minimum Gasteiger partial charge on any atom is -0.456 e. The number of nitrogens with zero attached hydrogens (tertiary/aromatic N) is 3. The Labute approximate surface area is 341 Å². The molecule has 0 aliphatic rings. The molecule has 276 valence electrons. The number of rotatable bonds is 7. The van der Waals surface area contributed by atoms with Crippen molar-refractivity contribution in [2.45, 2.75) is 0 Å². The molecule has 0 saturated heterocycles. The van der Waals surface area contributed by atoms with E-state index in [4.69, 9.17) is 19.4 Å². The molecule has 0 radical (unpaired) electrons. The molecule has 0 amide bonds. The van der Waals surface area contributed by atoms with Crippen molar-refractivity contribution in [2.24, 2.45) is 0 Å². The number of hydrogen-bond donors (Lipinski definition) is 0. The summed E-state index contributed by atoms with van der Waals surface area (Å²) in [4.78, 5) is 15.6. The molecule has 0 aliphatic carbocycles. The first-order chi connectivity index (χ1) is 29.2. The van der Waals surface area contributed by atoms with E-state index < -0.39 is 0 Å². The summed E-state index contributed by atoms with van der Waals surface area (Å²) in [5.41, 5.74) is 13.5. The molecule has 0 fully saturated rings. The third-order valence-electron chi connectivity index (χ3n) is 11.1. The van der Waals surface area contributed by atoms with Gasteiger partial charge in [-0.2, -0.15) is 0 Å². The maximum absolute atomic E-state index is 6.62. The van der Waals surface area contributed by atoms with E-state index in [1.54, 1.807) is 0 Å². The SMILES string of the molecule is c1ccc(-c2cccc(-c3nc(-c4ccc5c(c4)oc4cccc(-c6cccc(-c7ccccc7)c6)c45)nc(-c4cccc5cc(-c6ccccc6)ccc45)n3)c2)cc1.